The maximum absolute atomic E-state index is 14.0. The minimum Gasteiger partial charge on any atom is -0.493 e. The number of halogens is 1. The van der Waals surface area contributed by atoms with Gasteiger partial charge in [-0.15, -0.1) is 0 Å². The summed E-state index contributed by atoms with van der Waals surface area (Å²) in [5.74, 6) is 0.328. The fourth-order valence-corrected chi connectivity index (χ4v) is 5.98. The predicted molar refractivity (Wildman–Crippen MR) is 122 cm³/mol. The number of hydrogen-bond acceptors (Lipinski definition) is 3. The van der Waals surface area contributed by atoms with Crippen LogP contribution in [-0.2, 0) is 4.79 Å². The van der Waals surface area contributed by atoms with E-state index in [0.717, 1.165) is 16.9 Å². The Morgan fingerprint density at radius 3 is 2.38 bits per heavy atom. The van der Waals surface area contributed by atoms with Crippen molar-refractivity contribution in [2.45, 2.75) is 24.4 Å². The molecule has 32 heavy (non-hydrogen) atoms. The molecule has 0 aromatic heterocycles. The first-order valence-corrected chi connectivity index (χ1v) is 11.1. The first-order valence-electron chi connectivity index (χ1n) is 10.7. The van der Waals surface area contributed by atoms with Crippen molar-refractivity contribution in [3.63, 3.8) is 0 Å². The van der Waals surface area contributed by atoms with Crippen LogP contribution in [0.25, 0.3) is 0 Å². The summed E-state index contributed by atoms with van der Waals surface area (Å²) in [5.41, 5.74) is 1.49. The van der Waals surface area contributed by atoms with Gasteiger partial charge in [-0.05, 0) is 42.8 Å². The van der Waals surface area contributed by atoms with E-state index in [9.17, 15) is 9.59 Å². The fraction of sp³-hybridized carbons (Fsp3) is 0.231. The molecule has 5 nitrogen and oxygen atoms in total. The Bertz CT molecular complexity index is 1230. The summed E-state index contributed by atoms with van der Waals surface area (Å²) in [5, 5.41) is 0.556. The van der Waals surface area contributed by atoms with Gasteiger partial charge in [0.15, 0.2) is 0 Å². The molecule has 3 aliphatic rings. The zero-order chi connectivity index (χ0) is 22.0. The van der Waals surface area contributed by atoms with Gasteiger partial charge in [0.2, 0.25) is 0 Å². The van der Waals surface area contributed by atoms with Crippen molar-refractivity contribution < 1.29 is 14.3 Å². The second-order valence-corrected chi connectivity index (χ2v) is 9.20. The van der Waals surface area contributed by atoms with Gasteiger partial charge in [-0.3, -0.25) is 4.79 Å². The predicted octanol–water partition coefficient (Wildman–Crippen LogP) is 5.41. The second kappa shape index (κ2) is 6.84. The topological polar surface area (TPSA) is 49.9 Å². The molecule has 3 unspecified atom stereocenters. The van der Waals surface area contributed by atoms with Crippen molar-refractivity contribution in [1.29, 1.82) is 0 Å². The van der Waals surface area contributed by atoms with Crippen LogP contribution in [0.3, 0.4) is 0 Å². The number of nitrogens with zero attached hydrogens (tertiary/aromatic N) is 2. The van der Waals surface area contributed by atoms with E-state index in [1.807, 2.05) is 61.5 Å². The van der Waals surface area contributed by atoms with E-state index in [2.05, 4.69) is 0 Å². The number of amides is 3. The van der Waals surface area contributed by atoms with E-state index >= 15 is 0 Å². The summed E-state index contributed by atoms with van der Waals surface area (Å²) < 4.78 is 6.12. The van der Waals surface area contributed by atoms with E-state index in [4.69, 9.17) is 16.3 Å². The van der Waals surface area contributed by atoms with Gasteiger partial charge in [0.1, 0.15) is 11.3 Å². The van der Waals surface area contributed by atoms with Crippen molar-refractivity contribution in [2.24, 2.45) is 5.92 Å². The lowest BCUT2D eigenvalue weighted by Crippen LogP contribution is -2.46. The summed E-state index contributed by atoms with van der Waals surface area (Å²) in [6.07, 6.45) is 0. The molecule has 160 valence electrons. The van der Waals surface area contributed by atoms with Crippen molar-refractivity contribution in [3.8, 4) is 5.75 Å². The molecule has 3 aliphatic heterocycles. The minimum absolute atomic E-state index is 0.0300. The lowest BCUT2D eigenvalue weighted by molar-refractivity contribution is -0.124. The third kappa shape index (κ3) is 2.46. The second-order valence-electron chi connectivity index (χ2n) is 8.76. The molecule has 0 N–H and O–H groups in total. The molecule has 3 aromatic rings. The van der Waals surface area contributed by atoms with Gasteiger partial charge in [0, 0.05) is 22.4 Å². The van der Waals surface area contributed by atoms with E-state index < -0.39 is 5.54 Å². The summed E-state index contributed by atoms with van der Waals surface area (Å²) >= 11 is 6.05. The molecule has 3 aromatic carbocycles. The summed E-state index contributed by atoms with van der Waals surface area (Å²) in [4.78, 5) is 31.0. The van der Waals surface area contributed by atoms with E-state index in [1.165, 1.54) is 4.90 Å². The Morgan fingerprint density at radius 2 is 1.62 bits per heavy atom. The monoisotopic (exact) mass is 444 g/mol. The Balaban J connectivity index is 1.56. The Kier molecular flexibility index (Phi) is 4.14. The van der Waals surface area contributed by atoms with Gasteiger partial charge in [-0.25, -0.2) is 9.69 Å². The molecule has 3 heterocycles. The van der Waals surface area contributed by atoms with Gasteiger partial charge >= 0.3 is 6.03 Å². The van der Waals surface area contributed by atoms with Crippen LogP contribution in [0.2, 0.25) is 5.02 Å². The number of anilines is 1. The zero-order valence-electron chi connectivity index (χ0n) is 17.4. The molecule has 0 saturated carbocycles. The quantitative estimate of drug-likeness (QED) is 0.496. The van der Waals surface area contributed by atoms with Crippen LogP contribution in [0.4, 0.5) is 10.5 Å². The maximum atomic E-state index is 14.0. The molecular formula is C26H21ClN2O3. The van der Waals surface area contributed by atoms with Crippen molar-refractivity contribution in [1.82, 2.24) is 4.90 Å². The molecular weight excluding hydrogens is 424 g/mol. The Hall–Kier alpha value is -3.31. The van der Waals surface area contributed by atoms with E-state index in [-0.39, 0.29) is 29.8 Å². The van der Waals surface area contributed by atoms with Crippen LogP contribution in [0.5, 0.6) is 5.75 Å². The maximum Gasteiger partial charge on any atom is 0.332 e. The lowest BCUT2D eigenvalue weighted by atomic mass is 9.73. The molecule has 2 saturated heterocycles. The van der Waals surface area contributed by atoms with E-state index in [1.54, 1.807) is 29.2 Å². The third-order valence-corrected chi connectivity index (χ3v) is 7.42. The molecule has 6 rings (SSSR count). The van der Waals surface area contributed by atoms with Gasteiger partial charge in [-0.1, -0.05) is 60.1 Å². The molecule has 3 amide bonds. The molecule has 0 bridgehead atoms. The van der Waals surface area contributed by atoms with Crippen LogP contribution < -0.4 is 9.64 Å². The van der Waals surface area contributed by atoms with E-state index in [0.29, 0.717) is 17.3 Å². The summed E-state index contributed by atoms with van der Waals surface area (Å²) in [6.45, 7) is 2.36. The highest BCUT2D eigenvalue weighted by atomic mass is 35.5. The molecule has 2 fully saturated rings. The number of ether oxygens (including phenoxy) is 1. The van der Waals surface area contributed by atoms with Crippen LogP contribution in [-0.4, -0.2) is 29.0 Å². The smallest absolute Gasteiger partial charge is 0.332 e. The minimum atomic E-state index is -1.03. The lowest BCUT2D eigenvalue weighted by Gasteiger charge is -2.34. The highest BCUT2D eigenvalue weighted by molar-refractivity contribution is 6.31. The van der Waals surface area contributed by atoms with Crippen LogP contribution in [0, 0.1) is 5.92 Å². The summed E-state index contributed by atoms with van der Waals surface area (Å²) in [6, 6.07) is 24.1. The molecule has 0 spiro atoms. The molecule has 0 radical (unpaired) electrons. The average molecular weight is 445 g/mol. The standard InChI is InChI=1S/C26H21ClN2O3/c1-26-22(16-7-3-2-4-8-16)20-15-32-21-10-6-5-9-19(21)23(20)29(26)25(31)28(24(26)30)18-13-11-17(27)12-14-18/h2-14,20,22-23H,15H2,1H3/t20?,22?,23?,26-/m0/s1. The number of carbonyl (C=O) groups excluding carboxylic acids is 2. The Labute approximate surface area is 191 Å². The highest BCUT2D eigenvalue weighted by Crippen LogP contribution is 2.61. The van der Waals surface area contributed by atoms with Gasteiger partial charge < -0.3 is 9.64 Å². The SMILES string of the molecule is C[C@]12C(=O)N(c3ccc(Cl)cc3)C(=O)N1C1c3ccccc3OCC1C2c1ccccc1. The van der Waals surface area contributed by atoms with Crippen molar-refractivity contribution in [2.75, 3.05) is 11.5 Å². The number of imide groups is 1. The largest absolute Gasteiger partial charge is 0.493 e. The molecule has 6 heteroatoms. The number of benzene rings is 3. The average Bonchev–Trinajstić information content (AvgIpc) is 3.20. The fourth-order valence-electron chi connectivity index (χ4n) is 5.85. The normalized spacial score (nSPS) is 28.2. The molecule has 0 aliphatic carbocycles. The zero-order valence-corrected chi connectivity index (χ0v) is 18.2. The Morgan fingerprint density at radius 1 is 0.938 bits per heavy atom. The first-order chi connectivity index (χ1) is 15.5. The molecule has 4 atom stereocenters. The summed E-state index contributed by atoms with van der Waals surface area (Å²) in [7, 11) is 0. The van der Waals surface area contributed by atoms with Crippen molar-refractivity contribution in [3.05, 3.63) is 95.0 Å². The third-order valence-electron chi connectivity index (χ3n) is 7.16. The number of fused-ring (bicyclic) bond motifs is 5. The number of para-hydroxylation sites is 1. The van der Waals surface area contributed by atoms with Crippen LogP contribution in [0.1, 0.15) is 30.0 Å². The van der Waals surface area contributed by atoms with Crippen LogP contribution >= 0.6 is 11.6 Å². The van der Waals surface area contributed by atoms with Gasteiger partial charge in [0.05, 0.1) is 18.3 Å². The number of rotatable bonds is 2. The number of urea groups is 1. The first kappa shape index (κ1) is 19.4. The van der Waals surface area contributed by atoms with Gasteiger partial charge in [0.25, 0.3) is 5.91 Å². The van der Waals surface area contributed by atoms with Crippen LogP contribution in [0.15, 0.2) is 78.9 Å². The van der Waals surface area contributed by atoms with Crippen molar-refractivity contribution >= 4 is 29.2 Å². The number of hydrogen-bond donors (Lipinski definition) is 0. The van der Waals surface area contributed by atoms with Gasteiger partial charge in [-0.2, -0.15) is 0 Å². The highest BCUT2D eigenvalue weighted by Gasteiger charge is 2.70. The number of carbonyl (C=O) groups is 2.